The third kappa shape index (κ3) is 3.69. The van der Waals surface area contributed by atoms with Crippen LogP contribution in [0.3, 0.4) is 0 Å². The molecule has 6 nitrogen and oxygen atoms in total. The van der Waals surface area contributed by atoms with Gasteiger partial charge in [0.2, 0.25) is 0 Å². The molecule has 1 atom stereocenters. The third-order valence-electron chi connectivity index (χ3n) is 3.85. The predicted octanol–water partition coefficient (Wildman–Crippen LogP) is 1.03. The Bertz CT molecular complexity index is 541. The van der Waals surface area contributed by atoms with Crippen molar-refractivity contribution < 1.29 is 9.90 Å². The molecule has 2 rings (SSSR count). The van der Waals surface area contributed by atoms with E-state index in [0.29, 0.717) is 18.7 Å². The molecule has 1 saturated heterocycles. The number of amides is 1. The minimum atomic E-state index is -0.174. The Hall–Kier alpha value is -1.69. The van der Waals surface area contributed by atoms with Gasteiger partial charge in [0.15, 0.2) is 0 Å². The molecule has 1 aliphatic rings. The first-order valence-corrected chi connectivity index (χ1v) is 7.67. The molecule has 1 aromatic heterocycles. The Labute approximate surface area is 124 Å². The highest BCUT2D eigenvalue weighted by Crippen LogP contribution is 2.22. The molecule has 2 heterocycles. The van der Waals surface area contributed by atoms with Crippen molar-refractivity contribution in [3.05, 3.63) is 28.2 Å². The van der Waals surface area contributed by atoms with Gasteiger partial charge in [-0.25, -0.2) is 4.68 Å². The van der Waals surface area contributed by atoms with E-state index in [1.807, 2.05) is 11.8 Å². The lowest BCUT2D eigenvalue weighted by Gasteiger charge is -2.24. The fourth-order valence-corrected chi connectivity index (χ4v) is 2.81. The summed E-state index contributed by atoms with van der Waals surface area (Å²) in [5.41, 5.74) is 0.158. The van der Waals surface area contributed by atoms with Crippen LogP contribution in [-0.4, -0.2) is 44.9 Å². The van der Waals surface area contributed by atoms with Gasteiger partial charge in [-0.1, -0.05) is 6.92 Å². The molecule has 1 aromatic rings. The number of aryl methyl sites for hydroxylation is 1. The van der Waals surface area contributed by atoms with Crippen molar-refractivity contribution in [3.8, 4) is 0 Å². The lowest BCUT2D eigenvalue weighted by atomic mass is 10.1. The van der Waals surface area contributed by atoms with E-state index in [1.165, 1.54) is 16.8 Å². The molecule has 0 aliphatic carbocycles. The van der Waals surface area contributed by atoms with Gasteiger partial charge >= 0.3 is 0 Å². The number of aliphatic hydroxyl groups excluding tert-OH is 1. The van der Waals surface area contributed by atoms with Crippen LogP contribution in [-0.2, 0) is 6.54 Å². The number of hydrogen-bond acceptors (Lipinski definition) is 4. The highest BCUT2D eigenvalue weighted by molar-refractivity contribution is 5.92. The fourth-order valence-electron chi connectivity index (χ4n) is 2.81. The standard InChI is InChI=1S/C15H23N3O3/c1-2-9-18-14(20)8-7-13(16-18)15(21)17-10-3-5-12(17)6-4-11-19/h7-8,12,19H,2-6,9-11H2,1H3. The summed E-state index contributed by atoms with van der Waals surface area (Å²) in [6.45, 7) is 3.36. The first kappa shape index (κ1) is 15.7. The van der Waals surface area contributed by atoms with Crippen molar-refractivity contribution in [1.29, 1.82) is 0 Å². The van der Waals surface area contributed by atoms with Gasteiger partial charge in [0.05, 0.1) is 0 Å². The first-order valence-electron chi connectivity index (χ1n) is 7.67. The number of aliphatic hydroxyl groups is 1. The Morgan fingerprint density at radius 2 is 2.29 bits per heavy atom. The van der Waals surface area contributed by atoms with E-state index >= 15 is 0 Å². The normalized spacial score (nSPS) is 18.2. The summed E-state index contributed by atoms with van der Waals surface area (Å²) in [5.74, 6) is -0.111. The van der Waals surface area contributed by atoms with Gasteiger partial charge in [-0.2, -0.15) is 5.10 Å². The Morgan fingerprint density at radius 1 is 1.48 bits per heavy atom. The molecule has 116 valence electrons. The number of rotatable bonds is 6. The fraction of sp³-hybridized carbons (Fsp3) is 0.667. The average Bonchev–Trinajstić information content (AvgIpc) is 2.95. The molecule has 1 aliphatic heterocycles. The number of carbonyl (C=O) groups is 1. The minimum absolute atomic E-state index is 0.111. The van der Waals surface area contributed by atoms with Gasteiger partial charge < -0.3 is 10.0 Å². The van der Waals surface area contributed by atoms with E-state index in [1.54, 1.807) is 0 Å². The van der Waals surface area contributed by atoms with E-state index in [9.17, 15) is 9.59 Å². The third-order valence-corrected chi connectivity index (χ3v) is 3.85. The Balaban J connectivity index is 2.15. The van der Waals surface area contributed by atoms with E-state index in [-0.39, 0.29) is 24.1 Å². The second-order valence-corrected chi connectivity index (χ2v) is 5.44. The van der Waals surface area contributed by atoms with Crippen LogP contribution in [0.5, 0.6) is 0 Å². The molecule has 0 aromatic carbocycles. The topological polar surface area (TPSA) is 75.4 Å². The molecule has 1 N–H and O–H groups in total. The van der Waals surface area contributed by atoms with Crippen LogP contribution in [0.4, 0.5) is 0 Å². The van der Waals surface area contributed by atoms with Crippen molar-refractivity contribution in [2.24, 2.45) is 0 Å². The Kier molecular flexibility index (Phi) is 5.50. The smallest absolute Gasteiger partial charge is 0.274 e. The number of nitrogens with zero attached hydrogens (tertiary/aromatic N) is 3. The zero-order valence-corrected chi connectivity index (χ0v) is 12.5. The van der Waals surface area contributed by atoms with Crippen molar-refractivity contribution in [1.82, 2.24) is 14.7 Å². The lowest BCUT2D eigenvalue weighted by molar-refractivity contribution is 0.0715. The largest absolute Gasteiger partial charge is 0.396 e. The van der Waals surface area contributed by atoms with Gasteiger partial charge in [-0.3, -0.25) is 9.59 Å². The van der Waals surface area contributed by atoms with Gasteiger partial charge in [0, 0.05) is 31.8 Å². The van der Waals surface area contributed by atoms with Crippen LogP contribution in [0.15, 0.2) is 16.9 Å². The van der Waals surface area contributed by atoms with Crippen molar-refractivity contribution in [3.63, 3.8) is 0 Å². The molecule has 1 amide bonds. The second-order valence-electron chi connectivity index (χ2n) is 5.44. The molecule has 0 spiro atoms. The summed E-state index contributed by atoms with van der Waals surface area (Å²) < 4.78 is 1.35. The van der Waals surface area contributed by atoms with Gasteiger partial charge in [0.25, 0.3) is 11.5 Å². The van der Waals surface area contributed by atoms with Crippen LogP contribution in [0.1, 0.15) is 49.5 Å². The van der Waals surface area contributed by atoms with Crippen LogP contribution >= 0.6 is 0 Å². The predicted molar refractivity (Wildman–Crippen MR) is 79.2 cm³/mol. The zero-order chi connectivity index (χ0) is 15.2. The zero-order valence-electron chi connectivity index (χ0n) is 12.5. The van der Waals surface area contributed by atoms with E-state index in [2.05, 4.69) is 5.10 Å². The first-order chi connectivity index (χ1) is 10.2. The summed E-state index contributed by atoms with van der Waals surface area (Å²) in [6, 6.07) is 3.10. The summed E-state index contributed by atoms with van der Waals surface area (Å²) in [6.07, 6.45) is 4.28. The maximum atomic E-state index is 12.6. The molecular weight excluding hydrogens is 270 g/mol. The van der Waals surface area contributed by atoms with E-state index in [4.69, 9.17) is 5.11 Å². The highest BCUT2D eigenvalue weighted by atomic mass is 16.3. The van der Waals surface area contributed by atoms with Crippen molar-refractivity contribution in [2.45, 2.75) is 51.6 Å². The molecule has 21 heavy (non-hydrogen) atoms. The lowest BCUT2D eigenvalue weighted by Crippen LogP contribution is -2.37. The molecule has 0 bridgehead atoms. The molecule has 1 unspecified atom stereocenters. The van der Waals surface area contributed by atoms with Crippen LogP contribution < -0.4 is 5.56 Å². The summed E-state index contributed by atoms with van der Waals surface area (Å²) in [7, 11) is 0. The maximum Gasteiger partial charge on any atom is 0.274 e. The van der Waals surface area contributed by atoms with E-state index in [0.717, 1.165) is 32.2 Å². The number of aromatic nitrogens is 2. The number of hydrogen-bond donors (Lipinski definition) is 1. The van der Waals surface area contributed by atoms with Crippen LogP contribution in [0.25, 0.3) is 0 Å². The quantitative estimate of drug-likeness (QED) is 0.850. The second kappa shape index (κ2) is 7.36. The average molecular weight is 293 g/mol. The summed E-state index contributed by atoms with van der Waals surface area (Å²) >= 11 is 0. The summed E-state index contributed by atoms with van der Waals surface area (Å²) in [4.78, 5) is 26.1. The number of carbonyl (C=O) groups excluding carboxylic acids is 1. The van der Waals surface area contributed by atoms with Gasteiger partial charge in [-0.05, 0) is 38.2 Å². The molecule has 1 fully saturated rings. The van der Waals surface area contributed by atoms with Crippen molar-refractivity contribution in [2.75, 3.05) is 13.2 Å². The number of likely N-dealkylation sites (tertiary alicyclic amines) is 1. The molecule has 6 heteroatoms. The minimum Gasteiger partial charge on any atom is -0.396 e. The van der Waals surface area contributed by atoms with Crippen LogP contribution in [0, 0.1) is 0 Å². The monoisotopic (exact) mass is 293 g/mol. The van der Waals surface area contributed by atoms with Gasteiger partial charge in [-0.15, -0.1) is 0 Å². The summed E-state index contributed by atoms with van der Waals surface area (Å²) in [5, 5.41) is 13.1. The molecule has 0 saturated carbocycles. The maximum absolute atomic E-state index is 12.6. The van der Waals surface area contributed by atoms with Crippen LogP contribution in [0.2, 0.25) is 0 Å². The van der Waals surface area contributed by atoms with E-state index < -0.39 is 0 Å². The molecule has 0 radical (unpaired) electrons. The molecular formula is C15H23N3O3. The highest BCUT2D eigenvalue weighted by Gasteiger charge is 2.29. The van der Waals surface area contributed by atoms with Crippen molar-refractivity contribution >= 4 is 5.91 Å². The van der Waals surface area contributed by atoms with Gasteiger partial charge in [0.1, 0.15) is 5.69 Å². The Morgan fingerprint density at radius 3 is 3.00 bits per heavy atom. The SMILES string of the molecule is CCCn1nc(C(=O)N2CCCC2CCCO)ccc1=O.